The van der Waals surface area contributed by atoms with Gasteiger partial charge in [0.05, 0.1) is 6.10 Å². The van der Waals surface area contributed by atoms with Crippen molar-refractivity contribution < 1.29 is 19.4 Å². The van der Waals surface area contributed by atoms with Crippen molar-refractivity contribution in [1.82, 2.24) is 0 Å². The molecule has 1 unspecified atom stereocenters. The van der Waals surface area contributed by atoms with E-state index < -0.39 is 6.10 Å². The van der Waals surface area contributed by atoms with Gasteiger partial charge in [-0.3, -0.25) is 4.79 Å². The molecule has 180 valence electrons. The van der Waals surface area contributed by atoms with E-state index in [1.807, 2.05) is 18.2 Å². The van der Waals surface area contributed by atoms with Crippen LogP contribution in [0.4, 0.5) is 0 Å². The number of aliphatic hydroxyl groups excluding tert-OH is 1. The zero-order chi connectivity index (χ0) is 23.4. The van der Waals surface area contributed by atoms with Crippen molar-refractivity contribution in [2.75, 3.05) is 0 Å². The van der Waals surface area contributed by atoms with Crippen LogP contribution in [0.25, 0.3) is 0 Å². The second-order valence-electron chi connectivity index (χ2n) is 10.3. The molecule has 4 nitrogen and oxygen atoms in total. The maximum Gasteiger partial charge on any atom is 0.331 e. The van der Waals surface area contributed by atoms with E-state index in [1.165, 1.54) is 12.5 Å². The third kappa shape index (κ3) is 9.05. The molecule has 0 aromatic heterocycles. The molecule has 2 aliphatic carbocycles. The number of allylic oxidation sites excluding steroid dienone is 4. The molecule has 0 amide bonds. The SMILES string of the molecule is CCCCC(C)(C)C(O)C=C[C@H]1CCC(=O)[C@@H]1CC/C=C/C=C/C(=O)OC1CCCCC1. The van der Waals surface area contributed by atoms with Crippen molar-refractivity contribution >= 4 is 11.8 Å². The highest BCUT2D eigenvalue weighted by Crippen LogP contribution is 2.35. The van der Waals surface area contributed by atoms with Crippen molar-refractivity contribution in [2.45, 2.75) is 110 Å². The van der Waals surface area contributed by atoms with Crippen molar-refractivity contribution in [3.05, 3.63) is 36.5 Å². The molecule has 0 aromatic carbocycles. The third-order valence-corrected chi connectivity index (χ3v) is 7.13. The van der Waals surface area contributed by atoms with E-state index in [2.05, 4.69) is 26.8 Å². The summed E-state index contributed by atoms with van der Waals surface area (Å²) in [6, 6.07) is 0. The van der Waals surface area contributed by atoms with Crippen LogP contribution >= 0.6 is 0 Å². The molecule has 0 radical (unpaired) electrons. The van der Waals surface area contributed by atoms with Gasteiger partial charge in [-0.15, -0.1) is 0 Å². The first kappa shape index (κ1) is 26.6. The van der Waals surface area contributed by atoms with Gasteiger partial charge >= 0.3 is 5.97 Å². The van der Waals surface area contributed by atoms with Gasteiger partial charge in [-0.2, -0.15) is 0 Å². The Morgan fingerprint density at radius 3 is 2.66 bits per heavy atom. The molecule has 0 heterocycles. The van der Waals surface area contributed by atoms with Crippen LogP contribution in [0.1, 0.15) is 97.8 Å². The fourth-order valence-corrected chi connectivity index (χ4v) is 4.80. The van der Waals surface area contributed by atoms with E-state index >= 15 is 0 Å². The number of hydrogen-bond donors (Lipinski definition) is 1. The van der Waals surface area contributed by atoms with E-state index in [4.69, 9.17) is 4.74 Å². The average molecular weight is 445 g/mol. The predicted molar refractivity (Wildman–Crippen MR) is 130 cm³/mol. The molecule has 0 aliphatic heterocycles. The monoisotopic (exact) mass is 444 g/mol. The molecule has 0 saturated heterocycles. The fourth-order valence-electron chi connectivity index (χ4n) is 4.80. The number of ether oxygens (including phenoxy) is 1. The standard InChI is InChI=1S/C28H44O4/c1-4-5-21-28(2,3)26(30)20-18-22-17-19-25(29)24(22)15-11-6-7-12-16-27(31)32-23-13-9-8-10-14-23/h6-7,12,16,18,20,22-24,26,30H,4-5,8-11,13-15,17,19,21H2,1-3H3/b7-6+,16-12+,20-18?/t22-,24-,26?/m1/s1. The lowest BCUT2D eigenvalue weighted by Crippen LogP contribution is -2.27. The van der Waals surface area contributed by atoms with Crippen molar-refractivity contribution in [1.29, 1.82) is 0 Å². The zero-order valence-corrected chi connectivity index (χ0v) is 20.4. The molecule has 0 bridgehead atoms. The molecule has 0 aromatic rings. The van der Waals surface area contributed by atoms with Crippen molar-refractivity contribution in [2.24, 2.45) is 17.3 Å². The highest BCUT2D eigenvalue weighted by molar-refractivity contribution is 5.83. The molecule has 2 fully saturated rings. The summed E-state index contributed by atoms with van der Waals surface area (Å²) >= 11 is 0. The first-order chi connectivity index (χ1) is 15.3. The van der Waals surface area contributed by atoms with Crippen LogP contribution < -0.4 is 0 Å². The lowest BCUT2D eigenvalue weighted by atomic mass is 9.80. The van der Waals surface area contributed by atoms with Gasteiger partial charge in [-0.25, -0.2) is 4.79 Å². The van der Waals surface area contributed by atoms with E-state index in [1.54, 1.807) is 6.08 Å². The summed E-state index contributed by atoms with van der Waals surface area (Å²) in [6.45, 7) is 6.39. The Morgan fingerprint density at radius 1 is 1.19 bits per heavy atom. The molecular formula is C28H44O4. The zero-order valence-electron chi connectivity index (χ0n) is 20.4. The highest BCUT2D eigenvalue weighted by atomic mass is 16.5. The Hall–Kier alpha value is -1.68. The number of rotatable bonds is 12. The summed E-state index contributed by atoms with van der Waals surface area (Å²) in [4.78, 5) is 24.2. The average Bonchev–Trinajstić information content (AvgIpc) is 3.13. The van der Waals surface area contributed by atoms with Crippen LogP contribution in [0.15, 0.2) is 36.5 Å². The predicted octanol–water partition coefficient (Wildman–Crippen LogP) is 6.48. The number of unbranched alkanes of at least 4 members (excludes halogenated alkanes) is 1. The number of ketones is 1. The smallest absolute Gasteiger partial charge is 0.331 e. The van der Waals surface area contributed by atoms with E-state index in [0.29, 0.717) is 12.2 Å². The molecule has 4 heteroatoms. The topological polar surface area (TPSA) is 63.6 Å². The number of aliphatic hydroxyl groups is 1. The minimum Gasteiger partial charge on any atom is -0.459 e. The van der Waals surface area contributed by atoms with Crippen LogP contribution in [0.3, 0.4) is 0 Å². The number of hydrogen-bond acceptors (Lipinski definition) is 4. The second-order valence-corrected chi connectivity index (χ2v) is 10.3. The lowest BCUT2D eigenvalue weighted by molar-refractivity contribution is -0.144. The summed E-state index contributed by atoms with van der Waals surface area (Å²) in [6.07, 6.45) is 22.5. The van der Waals surface area contributed by atoms with Gasteiger partial charge in [0, 0.05) is 18.4 Å². The Bertz CT molecular complexity index is 667. The van der Waals surface area contributed by atoms with Gasteiger partial charge in [-0.1, -0.05) is 70.4 Å². The maximum absolute atomic E-state index is 12.4. The van der Waals surface area contributed by atoms with Crippen LogP contribution in [0.2, 0.25) is 0 Å². The van der Waals surface area contributed by atoms with E-state index in [-0.39, 0.29) is 29.3 Å². The highest BCUT2D eigenvalue weighted by Gasteiger charge is 2.33. The summed E-state index contributed by atoms with van der Waals surface area (Å²) < 4.78 is 5.47. The van der Waals surface area contributed by atoms with Gasteiger partial charge in [-0.05, 0) is 62.7 Å². The van der Waals surface area contributed by atoms with Gasteiger partial charge in [0.1, 0.15) is 11.9 Å². The summed E-state index contributed by atoms with van der Waals surface area (Å²) in [5, 5.41) is 10.6. The van der Waals surface area contributed by atoms with Crippen molar-refractivity contribution in [3.8, 4) is 0 Å². The minimum atomic E-state index is -0.483. The molecule has 3 atom stereocenters. The first-order valence-corrected chi connectivity index (χ1v) is 12.8. The van der Waals surface area contributed by atoms with Gasteiger partial charge in [0.2, 0.25) is 0 Å². The largest absolute Gasteiger partial charge is 0.459 e. The molecule has 0 spiro atoms. The number of carbonyl (C=O) groups is 2. The van der Waals surface area contributed by atoms with Crippen LogP contribution in [0, 0.1) is 17.3 Å². The number of esters is 1. The Kier molecular flexibility index (Phi) is 11.4. The van der Waals surface area contributed by atoms with Crippen LogP contribution in [-0.2, 0) is 14.3 Å². The molecule has 2 saturated carbocycles. The lowest BCUT2D eigenvalue weighted by Gasteiger charge is -2.29. The number of Topliss-reactive ketones (excluding diaryl/α,β-unsaturated/α-hetero) is 1. The summed E-state index contributed by atoms with van der Waals surface area (Å²) in [5.41, 5.74) is -0.141. The van der Waals surface area contributed by atoms with E-state index in [0.717, 1.165) is 64.2 Å². The maximum atomic E-state index is 12.4. The van der Waals surface area contributed by atoms with E-state index in [9.17, 15) is 14.7 Å². The van der Waals surface area contributed by atoms with Gasteiger partial charge < -0.3 is 9.84 Å². The Labute approximate surface area is 195 Å². The second kappa shape index (κ2) is 13.8. The first-order valence-electron chi connectivity index (χ1n) is 12.8. The minimum absolute atomic E-state index is 0.0297. The molecule has 2 aliphatic rings. The summed E-state index contributed by atoms with van der Waals surface area (Å²) in [5.74, 6) is 0.313. The normalized spacial score (nSPS) is 24.2. The molecular weight excluding hydrogens is 400 g/mol. The third-order valence-electron chi connectivity index (χ3n) is 7.13. The molecule has 32 heavy (non-hydrogen) atoms. The Morgan fingerprint density at radius 2 is 1.94 bits per heavy atom. The molecule has 1 N–H and O–H groups in total. The van der Waals surface area contributed by atoms with Gasteiger partial charge in [0.15, 0.2) is 0 Å². The Balaban J connectivity index is 1.75. The quantitative estimate of drug-likeness (QED) is 0.162. The van der Waals surface area contributed by atoms with Gasteiger partial charge in [0.25, 0.3) is 0 Å². The van der Waals surface area contributed by atoms with Crippen molar-refractivity contribution in [3.63, 3.8) is 0 Å². The number of carbonyl (C=O) groups excluding carboxylic acids is 2. The fraction of sp³-hybridized carbons (Fsp3) is 0.714. The summed E-state index contributed by atoms with van der Waals surface area (Å²) in [7, 11) is 0. The van der Waals surface area contributed by atoms with Crippen LogP contribution in [0.5, 0.6) is 0 Å². The van der Waals surface area contributed by atoms with Crippen LogP contribution in [-0.4, -0.2) is 29.1 Å². The molecule has 2 rings (SSSR count).